The second-order valence-electron chi connectivity index (χ2n) is 22.0. The molecule has 1 aromatic heterocycles. The zero-order valence-corrected chi connectivity index (χ0v) is 38.6. The number of benzene rings is 8. The highest BCUT2D eigenvalue weighted by molar-refractivity contribution is 6.93. The van der Waals surface area contributed by atoms with E-state index in [2.05, 4.69) is 173 Å². The maximum atomic E-state index is 2.78. The molecule has 8 aromatic carbocycles. The maximum Gasteiger partial charge on any atom is 0.333 e. The molecule has 4 aliphatic carbocycles. The van der Waals surface area contributed by atoms with Gasteiger partial charge in [-0.2, -0.15) is 0 Å². The van der Waals surface area contributed by atoms with E-state index in [-0.39, 0.29) is 12.3 Å². The van der Waals surface area contributed by atoms with Crippen LogP contribution in [0.25, 0.3) is 71.6 Å². The van der Waals surface area contributed by atoms with Gasteiger partial charge in [-0.3, -0.25) is 0 Å². The van der Waals surface area contributed by atoms with E-state index in [1.165, 1.54) is 184 Å². The lowest BCUT2D eigenvalue weighted by molar-refractivity contribution is 0.149. The molecule has 15 rings (SSSR count). The minimum absolute atomic E-state index is 0.0137. The van der Waals surface area contributed by atoms with Gasteiger partial charge in [0, 0.05) is 33.4 Å². The van der Waals surface area contributed by atoms with Crippen LogP contribution in [-0.4, -0.2) is 11.4 Å². The summed E-state index contributed by atoms with van der Waals surface area (Å²) in [7, 11) is 0. The minimum atomic E-state index is -0.0137. The molecule has 4 bridgehead atoms. The highest BCUT2D eigenvalue weighted by atomic mass is 15.1. The Morgan fingerprint density at radius 3 is 1.78 bits per heavy atom. The van der Waals surface area contributed by atoms with Gasteiger partial charge < -0.3 is 9.38 Å². The van der Waals surface area contributed by atoms with E-state index in [4.69, 9.17) is 0 Å². The van der Waals surface area contributed by atoms with Crippen LogP contribution >= 0.6 is 0 Å². The second kappa shape index (κ2) is 14.6. The minimum Gasteiger partial charge on any atom is -0.376 e. The first-order valence-electron chi connectivity index (χ1n) is 26.0. The Hall–Kier alpha value is -6.32. The van der Waals surface area contributed by atoms with Gasteiger partial charge in [-0.1, -0.05) is 167 Å². The molecule has 2 nitrogen and oxygen atoms in total. The molecule has 9 aromatic rings. The summed E-state index contributed by atoms with van der Waals surface area (Å²) in [5, 5.41) is 5.55. The first kappa shape index (κ1) is 38.8. The Labute approximate surface area is 395 Å². The Balaban J connectivity index is 1.07. The van der Waals surface area contributed by atoms with E-state index in [0.29, 0.717) is 5.41 Å². The highest BCUT2D eigenvalue weighted by Crippen LogP contribution is 2.55. The van der Waals surface area contributed by atoms with E-state index >= 15 is 0 Å². The molecule has 0 spiro atoms. The Kier molecular flexibility index (Phi) is 8.44. The number of rotatable bonds is 5. The zero-order valence-electron chi connectivity index (χ0n) is 38.6. The van der Waals surface area contributed by atoms with Crippen molar-refractivity contribution < 1.29 is 0 Å². The number of fused-ring (bicyclic) bond motifs is 13. The van der Waals surface area contributed by atoms with Crippen molar-refractivity contribution in [3.63, 3.8) is 0 Å². The average Bonchev–Trinajstić information content (AvgIpc) is 3.72. The van der Waals surface area contributed by atoms with Gasteiger partial charge in [0.25, 0.3) is 0 Å². The predicted molar refractivity (Wildman–Crippen MR) is 283 cm³/mol. The summed E-state index contributed by atoms with van der Waals surface area (Å²) in [6.45, 7) is -0.0137. The third-order valence-electron chi connectivity index (χ3n) is 18.6. The number of hydrogen-bond donors (Lipinski definition) is 0. The molecule has 0 amide bonds. The van der Waals surface area contributed by atoms with Gasteiger partial charge >= 0.3 is 6.85 Å². The van der Waals surface area contributed by atoms with E-state index in [0.717, 1.165) is 11.8 Å². The normalized spacial score (nSPS) is 23.6. The monoisotopic (exact) mass is 864 g/mol. The molecule has 3 heteroatoms. The molecule has 67 heavy (non-hydrogen) atoms. The number of nitrogens with zero attached hydrogens (tertiary/aromatic N) is 2. The Bertz CT molecular complexity index is 3430. The van der Waals surface area contributed by atoms with Crippen molar-refractivity contribution in [1.82, 2.24) is 4.57 Å². The lowest BCUT2D eigenvalue weighted by Crippen LogP contribution is -2.61. The van der Waals surface area contributed by atoms with Crippen LogP contribution in [0.1, 0.15) is 101 Å². The summed E-state index contributed by atoms with van der Waals surface area (Å²) < 4.78 is 2.76. The van der Waals surface area contributed by atoms with Crippen molar-refractivity contribution in [3.05, 3.63) is 175 Å². The highest BCUT2D eigenvalue weighted by Gasteiger charge is 2.48. The quantitative estimate of drug-likeness (QED) is 0.157. The summed E-state index contributed by atoms with van der Waals surface area (Å²) in [5.74, 6) is 1.74. The molecule has 6 aliphatic rings. The van der Waals surface area contributed by atoms with Crippen LogP contribution in [-0.2, 0) is 10.8 Å². The van der Waals surface area contributed by atoms with Crippen LogP contribution in [0.5, 0.6) is 0 Å². The van der Waals surface area contributed by atoms with Crippen molar-refractivity contribution in [2.75, 3.05) is 4.81 Å². The number of aromatic nitrogens is 1. The fraction of sp³-hybridized carbons (Fsp3) is 0.281. The Morgan fingerprint density at radius 1 is 0.463 bits per heavy atom. The van der Waals surface area contributed by atoms with E-state index < -0.39 is 0 Å². The lowest BCUT2D eigenvalue weighted by atomic mass is 9.43. The van der Waals surface area contributed by atoms with Crippen molar-refractivity contribution in [2.24, 2.45) is 11.8 Å². The van der Waals surface area contributed by atoms with E-state index in [1.807, 2.05) is 0 Å². The third kappa shape index (κ3) is 5.70. The lowest BCUT2D eigenvalue weighted by Gasteiger charge is -2.47. The molecule has 3 heterocycles. The molecule has 0 unspecified atom stereocenters. The molecule has 2 aliphatic heterocycles. The second-order valence-corrected chi connectivity index (χ2v) is 22.0. The third-order valence-corrected chi connectivity index (χ3v) is 18.6. The molecular formula is C64H57BN2. The molecule has 4 saturated carbocycles. The zero-order chi connectivity index (χ0) is 43.8. The van der Waals surface area contributed by atoms with Gasteiger partial charge in [0.2, 0.25) is 0 Å². The van der Waals surface area contributed by atoms with E-state index in [1.54, 1.807) is 11.1 Å². The van der Waals surface area contributed by atoms with Crippen molar-refractivity contribution in [2.45, 2.75) is 101 Å². The van der Waals surface area contributed by atoms with Crippen molar-refractivity contribution >= 4 is 61.7 Å². The van der Waals surface area contributed by atoms with Gasteiger partial charge in [0.15, 0.2) is 0 Å². The van der Waals surface area contributed by atoms with Gasteiger partial charge in [-0.25, -0.2) is 0 Å². The van der Waals surface area contributed by atoms with Crippen LogP contribution in [0.2, 0.25) is 0 Å². The Morgan fingerprint density at radius 2 is 1.07 bits per heavy atom. The van der Waals surface area contributed by atoms with Crippen LogP contribution in [0, 0.1) is 11.8 Å². The summed E-state index contributed by atoms with van der Waals surface area (Å²) in [5.41, 5.74) is 21.1. The van der Waals surface area contributed by atoms with Gasteiger partial charge in [-0.15, -0.1) is 0 Å². The first-order valence-corrected chi connectivity index (χ1v) is 26.0. The summed E-state index contributed by atoms with van der Waals surface area (Å²) in [4.78, 5) is 2.76. The van der Waals surface area contributed by atoms with Gasteiger partial charge in [0.1, 0.15) is 0 Å². The molecule has 0 atom stereocenters. The SMILES string of the molecule is c1ccc(-c2ccc(N3B4c5c(cc(-c6ccccc6)cc5-n5c6ccc(C78CCCC(CCC7)C8)cc6c6cc(C78CCCC(CCC7)C8)cc4c65)-c4c3ccc3ccccc43)cc2)cc1. The van der Waals surface area contributed by atoms with Crippen LogP contribution in [0.4, 0.5) is 11.4 Å². The first-order chi connectivity index (χ1) is 33.1. The number of anilines is 2. The van der Waals surface area contributed by atoms with Crippen LogP contribution in [0.3, 0.4) is 0 Å². The molecular weight excluding hydrogens is 808 g/mol. The summed E-state index contributed by atoms with van der Waals surface area (Å²) >= 11 is 0. The molecule has 0 radical (unpaired) electrons. The summed E-state index contributed by atoms with van der Waals surface area (Å²) in [6, 6.07) is 64.1. The fourth-order valence-electron chi connectivity index (χ4n) is 15.6. The summed E-state index contributed by atoms with van der Waals surface area (Å²) in [6.07, 6.45) is 19.1. The van der Waals surface area contributed by atoms with Crippen LogP contribution < -0.4 is 15.7 Å². The standard InChI is InChI=1S/C64H57BN2/c1-3-17-44(18-4-1)46-23-27-51(28-24-46)67-58-29-25-47-21-7-8-22-52(47)60(58)55-35-48(45-19-5-2-6-20-45)36-59-61(55)65(67)56-39-50(64-33-11-15-43(41-64)16-12-34-64)38-54-53-37-49(26-30-57(53)66(59)62(54)56)63-31-9-13-42(40-63)14-10-32-63/h1-8,17-30,35-39,42-43H,9-16,31-34,40-41H2. The van der Waals surface area contributed by atoms with Gasteiger partial charge in [0.05, 0.1) is 11.0 Å². The molecule has 4 fully saturated rings. The van der Waals surface area contributed by atoms with Gasteiger partial charge in [-0.05, 0) is 170 Å². The topological polar surface area (TPSA) is 8.17 Å². The average molecular weight is 865 g/mol. The number of hydrogen-bond acceptors (Lipinski definition) is 1. The maximum absolute atomic E-state index is 2.78. The smallest absolute Gasteiger partial charge is 0.333 e. The molecule has 0 N–H and O–H groups in total. The van der Waals surface area contributed by atoms with Crippen molar-refractivity contribution in [3.8, 4) is 39.1 Å². The predicted octanol–water partition coefficient (Wildman–Crippen LogP) is 15.7. The molecule has 0 saturated heterocycles. The largest absolute Gasteiger partial charge is 0.376 e. The van der Waals surface area contributed by atoms with E-state index in [9.17, 15) is 0 Å². The fourth-order valence-corrected chi connectivity index (χ4v) is 15.6. The molecule has 326 valence electrons. The van der Waals surface area contributed by atoms with Crippen LogP contribution in [0.15, 0.2) is 164 Å². The van der Waals surface area contributed by atoms with Crippen molar-refractivity contribution in [1.29, 1.82) is 0 Å².